The number of nitrogens with two attached hydrogens (primary N) is 2. The van der Waals surface area contributed by atoms with Gasteiger partial charge in [0, 0.05) is 12.8 Å². The number of nitrogens with zero attached hydrogens (tertiary/aromatic N) is 8. The largest absolute Gasteiger partial charge is 0.414 e. The monoisotopic (exact) mass is 616 g/mol. The molecule has 17 heteroatoms. The zero-order valence-electron chi connectivity index (χ0n) is 24.9. The van der Waals surface area contributed by atoms with Gasteiger partial charge in [-0.3, -0.25) is 9.13 Å². The Morgan fingerprint density at radius 1 is 0.837 bits per heavy atom. The molecule has 0 unspecified atom stereocenters. The van der Waals surface area contributed by atoms with E-state index in [0.29, 0.717) is 53.4 Å². The smallest absolute Gasteiger partial charge is 0.192 e. The van der Waals surface area contributed by atoms with Crippen LogP contribution in [0, 0.1) is 0 Å². The zero-order chi connectivity index (χ0) is 31.1. The van der Waals surface area contributed by atoms with Crippen molar-refractivity contribution in [1.82, 2.24) is 39.0 Å². The molecule has 43 heavy (non-hydrogen) atoms. The second-order valence-electron chi connectivity index (χ2n) is 12.3. The summed E-state index contributed by atoms with van der Waals surface area (Å²) in [5.74, 6) is 0.635. The van der Waals surface area contributed by atoms with E-state index in [-0.39, 0.29) is 24.0 Å². The lowest BCUT2D eigenvalue weighted by Crippen LogP contribution is -2.43. The molecule has 4 aromatic heterocycles. The van der Waals surface area contributed by atoms with Crippen LogP contribution in [0.15, 0.2) is 25.3 Å². The summed E-state index contributed by atoms with van der Waals surface area (Å²) in [6.07, 6.45) is 3.78. The first kappa shape index (κ1) is 31.1. The molecule has 6 rings (SSSR count). The molecule has 16 nitrogen and oxygen atoms in total. The Kier molecular flexibility index (Phi) is 8.67. The van der Waals surface area contributed by atoms with Crippen molar-refractivity contribution in [1.29, 1.82) is 0 Å². The van der Waals surface area contributed by atoms with E-state index in [9.17, 15) is 10.2 Å². The fourth-order valence-corrected chi connectivity index (χ4v) is 5.77. The number of fused-ring (bicyclic) bond motifs is 2. The highest BCUT2D eigenvalue weighted by Gasteiger charge is 2.41. The molecule has 2 saturated heterocycles. The van der Waals surface area contributed by atoms with Crippen LogP contribution in [0.4, 0.5) is 11.6 Å². The molecule has 0 aromatic carbocycles. The maximum atomic E-state index is 10.4. The predicted octanol–water partition coefficient (Wildman–Crippen LogP) is 1.13. The third-order valence-corrected chi connectivity index (χ3v) is 12.9. The highest BCUT2D eigenvalue weighted by Crippen LogP contribution is 2.38. The van der Waals surface area contributed by atoms with E-state index in [1.807, 2.05) is 0 Å². The first-order chi connectivity index (χ1) is 20.3. The molecule has 6 heterocycles. The molecule has 2 aliphatic heterocycles. The molecule has 0 saturated carbocycles. The molecule has 2 fully saturated rings. The number of aromatic nitrogens is 8. The first-order valence-corrected chi connectivity index (χ1v) is 17.0. The summed E-state index contributed by atoms with van der Waals surface area (Å²) in [5, 5.41) is 29.3. The average Bonchev–Trinajstić information content (AvgIpc) is 3.72. The van der Waals surface area contributed by atoms with Gasteiger partial charge in [0.15, 0.2) is 31.2 Å². The van der Waals surface area contributed by atoms with E-state index < -0.39 is 32.9 Å². The van der Waals surface area contributed by atoms with Gasteiger partial charge in [-0.1, -0.05) is 20.8 Å². The normalized spacial score (nSPS) is 26.2. The molecule has 0 radical (unpaired) electrons. The van der Waals surface area contributed by atoms with Crippen LogP contribution in [-0.2, 0) is 13.9 Å². The lowest BCUT2D eigenvalue weighted by Gasteiger charge is -2.37. The van der Waals surface area contributed by atoms with Gasteiger partial charge in [0.1, 0.15) is 48.4 Å². The highest BCUT2D eigenvalue weighted by molar-refractivity contribution is 6.74. The van der Waals surface area contributed by atoms with E-state index in [1.54, 1.807) is 21.8 Å². The number of nitrogen functional groups attached to an aromatic ring is 2. The van der Waals surface area contributed by atoms with Gasteiger partial charge in [-0.05, 0) is 18.1 Å². The fourth-order valence-electron chi connectivity index (χ4n) is 4.75. The van der Waals surface area contributed by atoms with Crippen molar-refractivity contribution in [2.24, 2.45) is 0 Å². The van der Waals surface area contributed by atoms with Crippen LogP contribution in [0.1, 0.15) is 46.1 Å². The van der Waals surface area contributed by atoms with Gasteiger partial charge >= 0.3 is 0 Å². The van der Waals surface area contributed by atoms with Gasteiger partial charge in [0.25, 0.3) is 0 Å². The third-order valence-electron chi connectivity index (χ3n) is 8.40. The molecule has 4 aromatic rings. The number of hydrogen-bond acceptors (Lipinski definition) is 14. The third kappa shape index (κ3) is 6.19. The van der Waals surface area contributed by atoms with Gasteiger partial charge < -0.3 is 40.7 Å². The molecule has 6 atom stereocenters. The van der Waals surface area contributed by atoms with Gasteiger partial charge in [-0.2, -0.15) is 0 Å². The van der Waals surface area contributed by atoms with Crippen LogP contribution in [0.3, 0.4) is 0 Å². The second kappa shape index (κ2) is 12.0. The standard InChI is InChI=1S/C16H27N5O3Si.C10H13N5O3/c1-16(2,3)25(4,5)23-7-11-10(22)6-12(24-11)21-9-20-13-14(17)18-8-19-15(13)21;11-9-8-10(13-3-12-9)15(4-14-8)7-1-5(17)6(2-16)18-7/h8-12,22H,6-7H2,1-5H3,(H2,17,18,19);3-7,16-17H,1-2H2,(H2,11,12,13)/t10-,11+,12+;5-,6+,7+/m00/s1. The van der Waals surface area contributed by atoms with Gasteiger partial charge in [0.2, 0.25) is 0 Å². The maximum absolute atomic E-state index is 10.4. The predicted molar refractivity (Wildman–Crippen MR) is 159 cm³/mol. The van der Waals surface area contributed by atoms with E-state index in [1.165, 1.54) is 12.7 Å². The summed E-state index contributed by atoms with van der Waals surface area (Å²) < 4.78 is 21.3. The van der Waals surface area contributed by atoms with Crippen LogP contribution in [0.2, 0.25) is 18.1 Å². The van der Waals surface area contributed by atoms with Crippen molar-refractivity contribution in [2.75, 3.05) is 24.7 Å². The minimum absolute atomic E-state index is 0.116. The zero-order valence-corrected chi connectivity index (χ0v) is 25.9. The summed E-state index contributed by atoms with van der Waals surface area (Å²) in [5.41, 5.74) is 13.7. The molecule has 0 spiro atoms. The Bertz CT molecular complexity index is 1560. The minimum atomic E-state index is -1.89. The number of rotatable bonds is 6. The van der Waals surface area contributed by atoms with Crippen molar-refractivity contribution in [3.63, 3.8) is 0 Å². The average molecular weight is 617 g/mol. The maximum Gasteiger partial charge on any atom is 0.192 e. The molecule has 0 bridgehead atoms. The quantitative estimate of drug-likeness (QED) is 0.191. The minimum Gasteiger partial charge on any atom is -0.414 e. The number of aliphatic hydroxyl groups excluding tert-OH is 3. The SMILES string of the molecule is CC(C)(C)[Si](C)(C)OC[C@H]1O[C@@H](n2cnc3c(N)ncnc32)C[C@@H]1O.Nc1ncnc2c1ncn2[C@H]1C[C@H](O)[C@@H](CO)O1. The number of anilines is 2. The Morgan fingerprint density at radius 2 is 1.30 bits per heavy atom. The Labute approximate surface area is 249 Å². The highest BCUT2D eigenvalue weighted by atomic mass is 28.4. The number of imidazole rings is 2. The molecule has 0 amide bonds. The molecule has 0 aliphatic carbocycles. The van der Waals surface area contributed by atoms with E-state index in [4.69, 9.17) is 30.5 Å². The first-order valence-electron chi connectivity index (χ1n) is 14.1. The van der Waals surface area contributed by atoms with Crippen LogP contribution < -0.4 is 11.5 Å². The topological polar surface area (TPSA) is 228 Å². The molecule has 2 aliphatic rings. The van der Waals surface area contributed by atoms with Crippen LogP contribution >= 0.6 is 0 Å². The fraction of sp³-hybridized carbons (Fsp3) is 0.615. The summed E-state index contributed by atoms with van der Waals surface area (Å²) in [4.78, 5) is 24.5. The van der Waals surface area contributed by atoms with Gasteiger partial charge in [-0.15, -0.1) is 0 Å². The molecular weight excluding hydrogens is 576 g/mol. The van der Waals surface area contributed by atoms with Gasteiger partial charge in [-0.25, -0.2) is 29.9 Å². The summed E-state index contributed by atoms with van der Waals surface area (Å²) in [6, 6.07) is 0. The molecule has 7 N–H and O–H groups in total. The van der Waals surface area contributed by atoms with Gasteiger partial charge in [0.05, 0.1) is 38.1 Å². The number of hydrogen-bond donors (Lipinski definition) is 5. The number of ether oxygens (including phenoxy) is 2. The van der Waals surface area contributed by atoms with Crippen LogP contribution in [0.5, 0.6) is 0 Å². The van der Waals surface area contributed by atoms with E-state index in [2.05, 4.69) is 63.8 Å². The Morgan fingerprint density at radius 3 is 1.74 bits per heavy atom. The summed E-state index contributed by atoms with van der Waals surface area (Å²) >= 11 is 0. The molecular formula is C26H40N10O6Si. The van der Waals surface area contributed by atoms with Crippen LogP contribution in [-0.4, -0.2) is 100 Å². The van der Waals surface area contributed by atoms with E-state index >= 15 is 0 Å². The molecule has 234 valence electrons. The Balaban J connectivity index is 0.000000180. The van der Waals surface area contributed by atoms with E-state index in [0.717, 1.165) is 0 Å². The van der Waals surface area contributed by atoms with Crippen molar-refractivity contribution in [2.45, 2.75) is 88.6 Å². The Hall–Kier alpha value is -3.32. The lowest BCUT2D eigenvalue weighted by atomic mass is 10.2. The summed E-state index contributed by atoms with van der Waals surface area (Å²) in [7, 11) is -1.89. The van der Waals surface area contributed by atoms with Crippen molar-refractivity contribution in [3.05, 3.63) is 25.3 Å². The second-order valence-corrected chi connectivity index (χ2v) is 17.1. The lowest BCUT2D eigenvalue weighted by molar-refractivity contribution is -0.0432. The van der Waals surface area contributed by atoms with Crippen LogP contribution in [0.25, 0.3) is 22.3 Å². The van der Waals surface area contributed by atoms with Crippen molar-refractivity contribution < 1.29 is 29.2 Å². The van der Waals surface area contributed by atoms with Crippen molar-refractivity contribution in [3.8, 4) is 0 Å². The number of aliphatic hydroxyl groups is 3. The summed E-state index contributed by atoms with van der Waals surface area (Å²) in [6.45, 7) is 11.1. The van der Waals surface area contributed by atoms with Crippen molar-refractivity contribution >= 4 is 42.3 Å².